The minimum atomic E-state index is -4.33. The van der Waals surface area contributed by atoms with Gasteiger partial charge in [-0.05, 0) is 86.8 Å². The Balaban J connectivity index is 1.73. The minimum absolute atomic E-state index is 0.102. The SMILES string of the molecule is CCOC(=O)CC1CCC(NC2CCC(C)(C)CC2)C(c2ccc(C(F)(F)F)cc2)C1. The second-order valence-corrected chi connectivity index (χ2v) is 10.1. The molecule has 3 nitrogen and oxygen atoms in total. The average molecular weight is 440 g/mol. The van der Waals surface area contributed by atoms with Crippen LogP contribution in [0.15, 0.2) is 24.3 Å². The van der Waals surface area contributed by atoms with E-state index in [-0.39, 0.29) is 23.8 Å². The zero-order valence-corrected chi connectivity index (χ0v) is 18.9. The third kappa shape index (κ3) is 6.71. The molecule has 2 fully saturated rings. The Bertz CT molecular complexity index is 719. The van der Waals surface area contributed by atoms with Crippen molar-refractivity contribution in [2.45, 2.75) is 96.3 Å². The maximum atomic E-state index is 13.0. The van der Waals surface area contributed by atoms with Crippen molar-refractivity contribution in [3.63, 3.8) is 0 Å². The smallest absolute Gasteiger partial charge is 0.416 e. The molecule has 0 spiro atoms. The summed E-state index contributed by atoms with van der Waals surface area (Å²) in [7, 11) is 0. The van der Waals surface area contributed by atoms with Crippen molar-refractivity contribution in [1.29, 1.82) is 0 Å². The van der Waals surface area contributed by atoms with Crippen molar-refractivity contribution < 1.29 is 22.7 Å². The molecule has 1 N–H and O–H groups in total. The highest BCUT2D eigenvalue weighted by molar-refractivity contribution is 5.69. The van der Waals surface area contributed by atoms with E-state index in [1.807, 2.05) is 0 Å². The second kappa shape index (κ2) is 9.93. The Morgan fingerprint density at radius 3 is 2.32 bits per heavy atom. The van der Waals surface area contributed by atoms with E-state index in [1.54, 1.807) is 19.1 Å². The first kappa shape index (κ1) is 24.1. The Morgan fingerprint density at radius 2 is 1.74 bits per heavy atom. The predicted octanol–water partition coefficient (Wildman–Crippen LogP) is 6.47. The molecule has 2 saturated carbocycles. The molecule has 0 bridgehead atoms. The molecule has 6 heteroatoms. The molecule has 3 atom stereocenters. The van der Waals surface area contributed by atoms with E-state index in [1.165, 1.54) is 25.0 Å². The first-order valence-electron chi connectivity index (χ1n) is 11.7. The molecule has 31 heavy (non-hydrogen) atoms. The monoisotopic (exact) mass is 439 g/mol. The topological polar surface area (TPSA) is 38.3 Å². The summed E-state index contributed by atoms with van der Waals surface area (Å²) in [5.41, 5.74) is 0.701. The quantitative estimate of drug-likeness (QED) is 0.516. The molecule has 0 saturated heterocycles. The fourth-order valence-electron chi connectivity index (χ4n) is 5.25. The summed E-state index contributed by atoms with van der Waals surface area (Å²) in [5, 5.41) is 3.85. The van der Waals surface area contributed by atoms with Crippen molar-refractivity contribution in [3.05, 3.63) is 35.4 Å². The largest absolute Gasteiger partial charge is 0.466 e. The number of halogens is 3. The van der Waals surface area contributed by atoms with E-state index in [0.29, 0.717) is 24.5 Å². The average Bonchev–Trinajstić information content (AvgIpc) is 2.70. The van der Waals surface area contributed by atoms with Crippen LogP contribution in [0.3, 0.4) is 0 Å². The number of rotatable bonds is 6. The van der Waals surface area contributed by atoms with Crippen molar-refractivity contribution in [2.24, 2.45) is 11.3 Å². The number of benzene rings is 1. The normalized spacial score (nSPS) is 27.1. The Hall–Kier alpha value is -1.56. The molecular weight excluding hydrogens is 403 g/mol. The number of nitrogens with one attached hydrogen (secondary N) is 1. The lowest BCUT2D eigenvalue weighted by molar-refractivity contribution is -0.144. The fraction of sp³-hybridized carbons (Fsp3) is 0.720. The number of hydrogen-bond donors (Lipinski definition) is 1. The summed E-state index contributed by atoms with van der Waals surface area (Å²) < 4.78 is 44.2. The van der Waals surface area contributed by atoms with Gasteiger partial charge in [0.15, 0.2) is 0 Å². The first-order chi connectivity index (χ1) is 14.6. The van der Waals surface area contributed by atoms with Gasteiger partial charge in [0.1, 0.15) is 0 Å². The van der Waals surface area contributed by atoms with E-state index in [9.17, 15) is 18.0 Å². The van der Waals surface area contributed by atoms with Crippen LogP contribution in [-0.2, 0) is 15.7 Å². The fourth-order valence-corrected chi connectivity index (χ4v) is 5.25. The molecule has 0 aliphatic heterocycles. The van der Waals surface area contributed by atoms with Crippen LogP contribution in [0, 0.1) is 11.3 Å². The van der Waals surface area contributed by atoms with Gasteiger partial charge in [0.05, 0.1) is 12.2 Å². The van der Waals surface area contributed by atoms with Crippen LogP contribution in [-0.4, -0.2) is 24.7 Å². The molecule has 0 aromatic heterocycles. The van der Waals surface area contributed by atoms with Gasteiger partial charge < -0.3 is 10.1 Å². The zero-order valence-electron chi connectivity index (χ0n) is 18.9. The van der Waals surface area contributed by atoms with Gasteiger partial charge >= 0.3 is 12.1 Å². The molecule has 3 unspecified atom stereocenters. The lowest BCUT2D eigenvalue weighted by Crippen LogP contribution is -2.46. The number of alkyl halides is 3. The van der Waals surface area contributed by atoms with Gasteiger partial charge in [0, 0.05) is 18.5 Å². The molecule has 0 amide bonds. The maximum absolute atomic E-state index is 13.0. The highest BCUT2D eigenvalue weighted by Crippen LogP contribution is 2.41. The van der Waals surface area contributed by atoms with Crippen molar-refractivity contribution in [2.75, 3.05) is 6.61 Å². The predicted molar refractivity (Wildman–Crippen MR) is 116 cm³/mol. The Morgan fingerprint density at radius 1 is 1.10 bits per heavy atom. The maximum Gasteiger partial charge on any atom is 0.416 e. The van der Waals surface area contributed by atoms with Crippen molar-refractivity contribution >= 4 is 5.97 Å². The van der Waals surface area contributed by atoms with E-state index >= 15 is 0 Å². The summed E-state index contributed by atoms with van der Waals surface area (Å²) in [6, 6.07) is 6.30. The summed E-state index contributed by atoms with van der Waals surface area (Å²) in [5.74, 6) is 0.125. The van der Waals surface area contributed by atoms with Crippen LogP contribution in [0.4, 0.5) is 13.2 Å². The van der Waals surface area contributed by atoms with E-state index in [4.69, 9.17) is 4.74 Å². The first-order valence-corrected chi connectivity index (χ1v) is 11.7. The van der Waals surface area contributed by atoms with Gasteiger partial charge in [-0.25, -0.2) is 0 Å². The van der Waals surface area contributed by atoms with Gasteiger partial charge in [-0.1, -0.05) is 26.0 Å². The van der Waals surface area contributed by atoms with Gasteiger partial charge in [-0.15, -0.1) is 0 Å². The molecule has 2 aliphatic rings. The van der Waals surface area contributed by atoms with Crippen LogP contribution in [0.1, 0.15) is 89.2 Å². The molecule has 1 aromatic carbocycles. The Labute approximate surface area is 184 Å². The molecule has 0 radical (unpaired) electrons. The third-order valence-corrected chi connectivity index (χ3v) is 7.17. The van der Waals surface area contributed by atoms with Crippen molar-refractivity contribution in [3.8, 4) is 0 Å². The number of esters is 1. The molecule has 1 aromatic rings. The van der Waals surface area contributed by atoms with Crippen LogP contribution in [0.2, 0.25) is 0 Å². The number of carbonyl (C=O) groups excluding carboxylic acids is 1. The summed E-state index contributed by atoms with van der Waals surface area (Å²) in [6.07, 6.45) is 3.35. The Kier molecular flexibility index (Phi) is 7.72. The van der Waals surface area contributed by atoms with Crippen LogP contribution >= 0.6 is 0 Å². The lowest BCUT2D eigenvalue weighted by Gasteiger charge is -2.42. The lowest BCUT2D eigenvalue weighted by atomic mass is 9.72. The second-order valence-electron chi connectivity index (χ2n) is 10.1. The summed E-state index contributed by atoms with van der Waals surface area (Å²) in [6.45, 7) is 6.80. The standard InChI is InChI=1S/C25H36F3NO2/c1-4-31-23(30)16-17-5-10-22(29-20-11-13-24(2,3)14-12-20)21(15-17)18-6-8-19(9-7-18)25(26,27)28/h6-9,17,20-22,29H,4-5,10-16H2,1-3H3. The van der Waals surface area contributed by atoms with Crippen LogP contribution in [0.25, 0.3) is 0 Å². The van der Waals surface area contributed by atoms with Crippen LogP contribution < -0.4 is 5.32 Å². The van der Waals surface area contributed by atoms with Gasteiger partial charge in [0.25, 0.3) is 0 Å². The molecule has 3 rings (SSSR count). The summed E-state index contributed by atoms with van der Waals surface area (Å²) >= 11 is 0. The number of carbonyl (C=O) groups is 1. The highest BCUT2D eigenvalue weighted by atomic mass is 19.4. The zero-order chi connectivity index (χ0) is 22.6. The van der Waals surface area contributed by atoms with E-state index in [0.717, 1.165) is 37.7 Å². The number of hydrogen-bond acceptors (Lipinski definition) is 3. The highest BCUT2D eigenvalue weighted by Gasteiger charge is 2.36. The third-order valence-electron chi connectivity index (χ3n) is 7.17. The van der Waals surface area contributed by atoms with Gasteiger partial charge in [-0.3, -0.25) is 4.79 Å². The number of ether oxygens (including phenoxy) is 1. The molecule has 174 valence electrons. The molecule has 0 heterocycles. The minimum Gasteiger partial charge on any atom is -0.466 e. The van der Waals surface area contributed by atoms with Gasteiger partial charge in [0.2, 0.25) is 0 Å². The molecule has 2 aliphatic carbocycles. The van der Waals surface area contributed by atoms with Gasteiger partial charge in [-0.2, -0.15) is 13.2 Å². The van der Waals surface area contributed by atoms with E-state index in [2.05, 4.69) is 19.2 Å². The van der Waals surface area contributed by atoms with E-state index < -0.39 is 11.7 Å². The summed E-state index contributed by atoms with van der Waals surface area (Å²) in [4.78, 5) is 12.0. The molecular formula is C25H36F3NO2. The van der Waals surface area contributed by atoms with Crippen molar-refractivity contribution in [1.82, 2.24) is 5.32 Å². The van der Waals surface area contributed by atoms with Crippen LogP contribution in [0.5, 0.6) is 0 Å².